The molecule has 5 nitrogen and oxygen atoms in total. The van der Waals surface area contributed by atoms with Gasteiger partial charge in [0.1, 0.15) is 5.60 Å². The molecule has 0 radical (unpaired) electrons. The van der Waals surface area contributed by atoms with Crippen LogP contribution in [0, 0.1) is 0 Å². The Kier molecular flexibility index (Phi) is 6.45. The highest BCUT2D eigenvalue weighted by atomic mass is 35.5. The lowest BCUT2D eigenvalue weighted by molar-refractivity contribution is 0.0521. The van der Waals surface area contributed by atoms with Gasteiger partial charge in [0, 0.05) is 17.6 Å². The molecule has 1 aromatic carbocycles. The fraction of sp³-hybridized carbons (Fsp3) is 0.533. The number of hydrogen-bond acceptors (Lipinski definition) is 4. The van der Waals surface area contributed by atoms with Crippen LogP contribution in [0.25, 0.3) is 0 Å². The second-order valence-corrected chi connectivity index (χ2v) is 6.31. The van der Waals surface area contributed by atoms with Gasteiger partial charge in [-0.3, -0.25) is 0 Å². The number of hydrogen-bond donors (Lipinski definition) is 3. The Morgan fingerprint density at radius 2 is 1.95 bits per heavy atom. The molecule has 4 N–H and O–H groups in total. The number of ether oxygens (including phenoxy) is 1. The SMILES string of the molecule is CC(C)(C)OC(=O)NCCC(N)C(O)c1ccc(Cl)cc1. The number of aliphatic hydroxyl groups excluding tert-OH is 1. The summed E-state index contributed by atoms with van der Waals surface area (Å²) in [5.41, 5.74) is 6.09. The number of halogens is 1. The van der Waals surface area contributed by atoms with Gasteiger partial charge in [-0.05, 0) is 44.9 Å². The molecule has 118 valence electrons. The fourth-order valence-corrected chi connectivity index (χ4v) is 1.85. The van der Waals surface area contributed by atoms with Gasteiger partial charge in [0.15, 0.2) is 0 Å². The Hall–Kier alpha value is -1.30. The zero-order valence-electron chi connectivity index (χ0n) is 12.6. The van der Waals surface area contributed by atoms with E-state index in [1.165, 1.54) is 0 Å². The summed E-state index contributed by atoms with van der Waals surface area (Å²) in [5, 5.41) is 13.3. The van der Waals surface area contributed by atoms with E-state index in [4.69, 9.17) is 22.1 Å². The average Bonchev–Trinajstić information content (AvgIpc) is 2.36. The van der Waals surface area contributed by atoms with Gasteiger partial charge in [-0.1, -0.05) is 23.7 Å². The summed E-state index contributed by atoms with van der Waals surface area (Å²) >= 11 is 5.79. The number of amides is 1. The van der Waals surface area contributed by atoms with Crippen LogP contribution < -0.4 is 11.1 Å². The lowest BCUT2D eigenvalue weighted by Gasteiger charge is -2.21. The van der Waals surface area contributed by atoms with E-state index in [1.807, 2.05) is 0 Å². The van der Waals surface area contributed by atoms with Gasteiger partial charge in [0.2, 0.25) is 0 Å². The molecule has 21 heavy (non-hydrogen) atoms. The summed E-state index contributed by atoms with van der Waals surface area (Å²) in [4.78, 5) is 11.5. The predicted molar refractivity (Wildman–Crippen MR) is 83.2 cm³/mol. The van der Waals surface area contributed by atoms with Crippen molar-refractivity contribution in [2.24, 2.45) is 5.73 Å². The Balaban J connectivity index is 2.38. The monoisotopic (exact) mass is 314 g/mol. The van der Waals surface area contributed by atoms with Crippen LogP contribution in [0.5, 0.6) is 0 Å². The number of aliphatic hydroxyl groups is 1. The highest BCUT2D eigenvalue weighted by Gasteiger charge is 2.19. The van der Waals surface area contributed by atoms with Gasteiger partial charge >= 0.3 is 6.09 Å². The molecule has 0 saturated heterocycles. The van der Waals surface area contributed by atoms with Crippen molar-refractivity contribution in [3.63, 3.8) is 0 Å². The number of benzene rings is 1. The first-order chi connectivity index (χ1) is 9.69. The maximum Gasteiger partial charge on any atom is 0.407 e. The van der Waals surface area contributed by atoms with Crippen molar-refractivity contribution in [1.82, 2.24) is 5.32 Å². The Morgan fingerprint density at radius 3 is 2.48 bits per heavy atom. The molecule has 0 spiro atoms. The first kappa shape index (κ1) is 17.8. The molecule has 0 aliphatic rings. The third kappa shape index (κ3) is 6.80. The van der Waals surface area contributed by atoms with E-state index in [0.717, 1.165) is 0 Å². The molecule has 1 amide bonds. The first-order valence-corrected chi connectivity index (χ1v) is 7.23. The predicted octanol–water partition coefficient (Wildman–Crippen LogP) is 2.62. The number of carbonyl (C=O) groups is 1. The van der Waals surface area contributed by atoms with E-state index >= 15 is 0 Å². The van der Waals surface area contributed by atoms with Crippen LogP contribution in [0.3, 0.4) is 0 Å². The minimum Gasteiger partial charge on any atom is -0.444 e. The molecule has 1 aromatic rings. The molecule has 2 unspecified atom stereocenters. The van der Waals surface area contributed by atoms with E-state index in [1.54, 1.807) is 45.0 Å². The van der Waals surface area contributed by atoms with Crippen LogP contribution in [0.1, 0.15) is 38.9 Å². The molecule has 0 aliphatic heterocycles. The largest absolute Gasteiger partial charge is 0.444 e. The molecule has 0 bridgehead atoms. The van der Waals surface area contributed by atoms with E-state index in [2.05, 4.69) is 5.32 Å². The second kappa shape index (κ2) is 7.64. The number of alkyl carbamates (subject to hydrolysis) is 1. The van der Waals surface area contributed by atoms with Crippen molar-refractivity contribution < 1.29 is 14.6 Å². The quantitative estimate of drug-likeness (QED) is 0.780. The Morgan fingerprint density at radius 1 is 1.38 bits per heavy atom. The zero-order chi connectivity index (χ0) is 16.0. The van der Waals surface area contributed by atoms with Crippen molar-refractivity contribution in [3.8, 4) is 0 Å². The number of carbonyl (C=O) groups excluding carboxylic acids is 1. The highest BCUT2D eigenvalue weighted by molar-refractivity contribution is 6.30. The summed E-state index contributed by atoms with van der Waals surface area (Å²) in [6, 6.07) is 6.38. The van der Waals surface area contributed by atoms with Crippen LogP contribution >= 0.6 is 11.6 Å². The molecule has 0 aliphatic carbocycles. The van der Waals surface area contributed by atoms with Gasteiger partial charge in [-0.15, -0.1) is 0 Å². The normalized spacial score (nSPS) is 14.4. The third-order valence-corrected chi connectivity index (χ3v) is 3.01. The van der Waals surface area contributed by atoms with Crippen LogP contribution in [0.2, 0.25) is 5.02 Å². The van der Waals surface area contributed by atoms with Gasteiger partial charge in [0.05, 0.1) is 6.10 Å². The molecular formula is C15H23ClN2O3. The maximum atomic E-state index is 11.5. The Bertz CT molecular complexity index is 457. The van der Waals surface area contributed by atoms with Crippen LogP contribution in [0.4, 0.5) is 4.79 Å². The van der Waals surface area contributed by atoms with Crippen molar-refractivity contribution in [2.45, 2.75) is 44.9 Å². The second-order valence-electron chi connectivity index (χ2n) is 5.88. The number of rotatable bonds is 5. The first-order valence-electron chi connectivity index (χ1n) is 6.85. The molecule has 1 rings (SSSR count). The van der Waals surface area contributed by atoms with Gasteiger partial charge < -0.3 is 20.9 Å². The number of nitrogens with one attached hydrogen (secondary N) is 1. The molecule has 0 fully saturated rings. The average molecular weight is 315 g/mol. The van der Waals surface area contributed by atoms with Crippen LogP contribution in [-0.4, -0.2) is 29.4 Å². The van der Waals surface area contributed by atoms with Gasteiger partial charge in [-0.2, -0.15) is 0 Å². The maximum absolute atomic E-state index is 11.5. The van der Waals surface area contributed by atoms with Crippen molar-refractivity contribution in [1.29, 1.82) is 0 Å². The smallest absolute Gasteiger partial charge is 0.407 e. The topological polar surface area (TPSA) is 84.6 Å². The van der Waals surface area contributed by atoms with E-state index in [9.17, 15) is 9.90 Å². The Labute approximate surface area is 130 Å². The summed E-state index contributed by atoms with van der Waals surface area (Å²) < 4.78 is 5.11. The molecular weight excluding hydrogens is 292 g/mol. The summed E-state index contributed by atoms with van der Waals surface area (Å²) in [6.45, 7) is 5.72. The van der Waals surface area contributed by atoms with Gasteiger partial charge in [-0.25, -0.2) is 4.79 Å². The van der Waals surface area contributed by atoms with Gasteiger partial charge in [0.25, 0.3) is 0 Å². The van der Waals surface area contributed by atoms with Crippen molar-refractivity contribution in [2.75, 3.05) is 6.54 Å². The zero-order valence-corrected chi connectivity index (χ0v) is 13.4. The highest BCUT2D eigenvalue weighted by Crippen LogP contribution is 2.19. The minimum absolute atomic E-state index is 0.334. The third-order valence-electron chi connectivity index (χ3n) is 2.76. The van der Waals surface area contributed by atoms with Crippen LogP contribution in [-0.2, 0) is 4.74 Å². The lowest BCUT2D eigenvalue weighted by atomic mass is 10.0. The fourth-order valence-electron chi connectivity index (χ4n) is 1.72. The van der Waals surface area contributed by atoms with Crippen molar-refractivity contribution in [3.05, 3.63) is 34.9 Å². The summed E-state index contributed by atoms with van der Waals surface area (Å²) in [6.07, 6.45) is -0.860. The minimum atomic E-state index is -0.803. The standard InChI is InChI=1S/C15H23ClN2O3/c1-15(2,3)21-14(20)18-9-8-12(17)13(19)10-4-6-11(16)7-5-10/h4-7,12-13,19H,8-9,17H2,1-3H3,(H,18,20). The molecule has 0 aromatic heterocycles. The van der Waals surface area contributed by atoms with E-state index < -0.39 is 23.8 Å². The lowest BCUT2D eigenvalue weighted by Crippen LogP contribution is -2.37. The van der Waals surface area contributed by atoms with E-state index in [-0.39, 0.29) is 0 Å². The molecule has 2 atom stereocenters. The number of nitrogens with two attached hydrogens (primary N) is 1. The van der Waals surface area contributed by atoms with E-state index in [0.29, 0.717) is 23.6 Å². The molecule has 0 heterocycles. The van der Waals surface area contributed by atoms with Crippen molar-refractivity contribution >= 4 is 17.7 Å². The molecule has 0 saturated carbocycles. The summed E-state index contributed by atoms with van der Waals surface area (Å²) in [5.74, 6) is 0. The van der Waals surface area contributed by atoms with Crippen LogP contribution in [0.15, 0.2) is 24.3 Å². The summed E-state index contributed by atoms with van der Waals surface area (Å²) in [7, 11) is 0. The molecule has 6 heteroatoms.